The SMILES string of the molecule is COC1CCC(c2ccc(-c3ccc(CF)c(F)c3)cc2)CC1. The lowest BCUT2D eigenvalue weighted by Gasteiger charge is -2.27. The maximum absolute atomic E-state index is 13.7. The van der Waals surface area contributed by atoms with Gasteiger partial charge < -0.3 is 4.74 Å². The molecule has 1 aliphatic carbocycles. The van der Waals surface area contributed by atoms with E-state index in [9.17, 15) is 8.78 Å². The molecule has 0 aromatic heterocycles. The van der Waals surface area contributed by atoms with Crippen molar-refractivity contribution >= 4 is 0 Å². The van der Waals surface area contributed by atoms with Gasteiger partial charge >= 0.3 is 0 Å². The van der Waals surface area contributed by atoms with Crippen LogP contribution < -0.4 is 0 Å². The van der Waals surface area contributed by atoms with Crippen molar-refractivity contribution in [2.75, 3.05) is 7.11 Å². The second-order valence-electron chi connectivity index (χ2n) is 6.27. The summed E-state index contributed by atoms with van der Waals surface area (Å²) in [5.74, 6) is 0.105. The predicted octanol–water partition coefficient (Wildman–Crippen LogP) is 5.63. The van der Waals surface area contributed by atoms with Gasteiger partial charge in [0.25, 0.3) is 0 Å². The van der Waals surface area contributed by atoms with Gasteiger partial charge in [-0.05, 0) is 54.4 Å². The van der Waals surface area contributed by atoms with Crippen molar-refractivity contribution < 1.29 is 13.5 Å². The van der Waals surface area contributed by atoms with Crippen molar-refractivity contribution in [3.63, 3.8) is 0 Å². The molecule has 1 nitrogen and oxygen atoms in total. The van der Waals surface area contributed by atoms with E-state index in [1.54, 1.807) is 13.2 Å². The Hall–Kier alpha value is -1.74. The van der Waals surface area contributed by atoms with E-state index in [1.165, 1.54) is 17.7 Å². The molecule has 0 atom stereocenters. The van der Waals surface area contributed by atoms with E-state index in [2.05, 4.69) is 12.1 Å². The quantitative estimate of drug-likeness (QED) is 0.710. The van der Waals surface area contributed by atoms with Crippen LogP contribution in [0.1, 0.15) is 42.7 Å². The normalized spacial score (nSPS) is 21.3. The van der Waals surface area contributed by atoms with Crippen molar-refractivity contribution in [2.24, 2.45) is 0 Å². The summed E-state index contributed by atoms with van der Waals surface area (Å²) in [6, 6.07) is 13.0. The van der Waals surface area contributed by atoms with Crippen LogP contribution in [0, 0.1) is 5.82 Å². The van der Waals surface area contributed by atoms with Gasteiger partial charge in [-0.15, -0.1) is 0 Å². The minimum atomic E-state index is -0.769. The first-order chi connectivity index (χ1) is 11.2. The van der Waals surface area contributed by atoms with Crippen LogP contribution in [0.3, 0.4) is 0 Å². The molecule has 0 aliphatic heterocycles. The van der Waals surface area contributed by atoms with Gasteiger partial charge in [0.1, 0.15) is 12.5 Å². The average molecular weight is 316 g/mol. The van der Waals surface area contributed by atoms with Crippen LogP contribution in [0.4, 0.5) is 8.78 Å². The summed E-state index contributed by atoms with van der Waals surface area (Å²) in [5.41, 5.74) is 3.20. The van der Waals surface area contributed by atoms with E-state index in [1.807, 2.05) is 12.1 Å². The summed E-state index contributed by atoms with van der Waals surface area (Å²) in [7, 11) is 1.78. The number of methoxy groups -OCH3 is 1. The van der Waals surface area contributed by atoms with Gasteiger partial charge in [0.2, 0.25) is 0 Å². The Bertz CT molecular complexity index is 643. The van der Waals surface area contributed by atoms with Gasteiger partial charge in [0, 0.05) is 12.7 Å². The van der Waals surface area contributed by atoms with E-state index < -0.39 is 12.5 Å². The Balaban J connectivity index is 1.73. The summed E-state index contributed by atoms with van der Waals surface area (Å²) in [6.07, 6.45) is 4.93. The summed E-state index contributed by atoms with van der Waals surface area (Å²) in [5, 5.41) is 0. The standard InChI is InChI=1S/C20H22F2O/c1-23-19-10-8-15(9-11-19)14-2-4-16(5-3-14)17-6-7-18(13-21)20(22)12-17/h2-7,12,15,19H,8-11,13H2,1H3. The molecule has 122 valence electrons. The Morgan fingerprint density at radius 1 is 0.957 bits per heavy atom. The molecular formula is C20H22F2O. The van der Waals surface area contributed by atoms with Crippen molar-refractivity contribution in [1.82, 2.24) is 0 Å². The lowest BCUT2D eigenvalue weighted by molar-refractivity contribution is 0.0659. The van der Waals surface area contributed by atoms with E-state index in [0.29, 0.717) is 12.0 Å². The Morgan fingerprint density at radius 3 is 2.17 bits per heavy atom. The molecule has 1 saturated carbocycles. The molecule has 0 heterocycles. The number of ether oxygens (including phenoxy) is 1. The number of rotatable bonds is 4. The van der Waals surface area contributed by atoms with Gasteiger partial charge in [-0.2, -0.15) is 0 Å². The molecule has 0 saturated heterocycles. The molecule has 0 unspecified atom stereocenters. The fourth-order valence-corrected chi connectivity index (χ4v) is 3.41. The zero-order valence-electron chi connectivity index (χ0n) is 13.4. The Kier molecular flexibility index (Phi) is 5.06. The molecule has 2 aromatic rings. The van der Waals surface area contributed by atoms with E-state index in [4.69, 9.17) is 4.74 Å². The first-order valence-electron chi connectivity index (χ1n) is 8.18. The largest absolute Gasteiger partial charge is 0.381 e. The highest BCUT2D eigenvalue weighted by Gasteiger charge is 2.21. The van der Waals surface area contributed by atoms with Crippen LogP contribution in [0.25, 0.3) is 11.1 Å². The smallest absolute Gasteiger partial charge is 0.129 e. The molecule has 0 bridgehead atoms. The summed E-state index contributed by atoms with van der Waals surface area (Å²) < 4.78 is 31.7. The van der Waals surface area contributed by atoms with Crippen LogP contribution >= 0.6 is 0 Å². The third-order valence-corrected chi connectivity index (χ3v) is 4.92. The monoisotopic (exact) mass is 316 g/mol. The van der Waals surface area contributed by atoms with Crippen LogP contribution in [-0.2, 0) is 11.4 Å². The van der Waals surface area contributed by atoms with Crippen molar-refractivity contribution in [3.8, 4) is 11.1 Å². The highest BCUT2D eigenvalue weighted by molar-refractivity contribution is 5.64. The topological polar surface area (TPSA) is 9.23 Å². The van der Waals surface area contributed by atoms with E-state index >= 15 is 0 Å². The number of benzene rings is 2. The van der Waals surface area contributed by atoms with Crippen LogP contribution in [0.2, 0.25) is 0 Å². The number of alkyl halides is 1. The zero-order chi connectivity index (χ0) is 16.2. The van der Waals surface area contributed by atoms with Crippen LogP contribution in [-0.4, -0.2) is 13.2 Å². The minimum Gasteiger partial charge on any atom is -0.381 e. The van der Waals surface area contributed by atoms with Gasteiger partial charge in [-0.3, -0.25) is 0 Å². The van der Waals surface area contributed by atoms with Gasteiger partial charge in [-0.1, -0.05) is 36.4 Å². The second kappa shape index (κ2) is 7.22. The van der Waals surface area contributed by atoms with Crippen molar-refractivity contribution in [3.05, 3.63) is 59.4 Å². The highest BCUT2D eigenvalue weighted by Crippen LogP contribution is 2.34. The molecule has 0 spiro atoms. The van der Waals surface area contributed by atoms with Gasteiger partial charge in [0.05, 0.1) is 6.10 Å². The third kappa shape index (κ3) is 3.61. The molecule has 2 aromatic carbocycles. The molecule has 1 fully saturated rings. The predicted molar refractivity (Wildman–Crippen MR) is 88.7 cm³/mol. The summed E-state index contributed by atoms with van der Waals surface area (Å²) in [6.45, 7) is -0.769. The van der Waals surface area contributed by atoms with Crippen molar-refractivity contribution in [2.45, 2.75) is 44.4 Å². The second-order valence-corrected chi connectivity index (χ2v) is 6.27. The molecule has 1 aliphatic rings. The number of hydrogen-bond acceptors (Lipinski definition) is 1. The van der Waals surface area contributed by atoms with E-state index in [0.717, 1.165) is 36.8 Å². The molecule has 23 heavy (non-hydrogen) atoms. The van der Waals surface area contributed by atoms with Crippen LogP contribution in [0.15, 0.2) is 42.5 Å². The molecule has 0 radical (unpaired) electrons. The average Bonchev–Trinajstić information content (AvgIpc) is 2.62. The maximum Gasteiger partial charge on any atom is 0.129 e. The first-order valence-corrected chi connectivity index (χ1v) is 8.18. The van der Waals surface area contributed by atoms with Gasteiger partial charge in [0.15, 0.2) is 0 Å². The Labute approximate surface area is 136 Å². The van der Waals surface area contributed by atoms with Crippen LogP contribution in [0.5, 0.6) is 0 Å². The minimum absolute atomic E-state index is 0.111. The zero-order valence-corrected chi connectivity index (χ0v) is 13.4. The first kappa shape index (κ1) is 16.1. The fourth-order valence-electron chi connectivity index (χ4n) is 3.41. The summed E-state index contributed by atoms with van der Waals surface area (Å²) >= 11 is 0. The molecule has 0 N–H and O–H groups in total. The van der Waals surface area contributed by atoms with E-state index in [-0.39, 0.29) is 5.56 Å². The fraction of sp³-hybridized carbons (Fsp3) is 0.400. The maximum atomic E-state index is 13.7. The molecular weight excluding hydrogens is 294 g/mol. The van der Waals surface area contributed by atoms with Crippen molar-refractivity contribution in [1.29, 1.82) is 0 Å². The lowest BCUT2D eigenvalue weighted by atomic mass is 9.82. The molecule has 3 rings (SSSR count). The molecule has 3 heteroatoms. The Morgan fingerprint density at radius 2 is 1.61 bits per heavy atom. The molecule has 0 amide bonds. The number of hydrogen-bond donors (Lipinski definition) is 0. The number of halogens is 2. The lowest BCUT2D eigenvalue weighted by Crippen LogP contribution is -2.19. The summed E-state index contributed by atoms with van der Waals surface area (Å²) in [4.78, 5) is 0. The highest BCUT2D eigenvalue weighted by atomic mass is 19.1. The van der Waals surface area contributed by atoms with Gasteiger partial charge in [-0.25, -0.2) is 8.78 Å². The third-order valence-electron chi connectivity index (χ3n) is 4.92.